The number of Topliss-reactive ketones (excluding diaryl/α,β-unsaturated/α-hetero) is 1. The van der Waals surface area contributed by atoms with Crippen molar-refractivity contribution in [1.82, 2.24) is 0 Å². The molecule has 116 valence electrons. The molecule has 2 nitrogen and oxygen atoms in total. The fourth-order valence-electron chi connectivity index (χ4n) is 2.90. The summed E-state index contributed by atoms with van der Waals surface area (Å²) in [6.45, 7) is 6.92. The highest BCUT2D eigenvalue weighted by atomic mass is 16.5. The Bertz CT molecular complexity index is 453. The van der Waals surface area contributed by atoms with Gasteiger partial charge in [-0.05, 0) is 42.4 Å². The normalized spacial score (nSPS) is 16.7. The van der Waals surface area contributed by atoms with E-state index in [0.717, 1.165) is 25.0 Å². The number of ether oxygens (including phenoxy) is 1. The first kappa shape index (κ1) is 16.1. The maximum Gasteiger partial charge on any atom is 0.173 e. The lowest BCUT2D eigenvalue weighted by Crippen LogP contribution is -2.23. The Morgan fingerprint density at radius 1 is 1.14 bits per heavy atom. The first-order valence-corrected chi connectivity index (χ1v) is 8.29. The predicted octanol–water partition coefficient (Wildman–Crippen LogP) is 4.90. The predicted molar refractivity (Wildman–Crippen MR) is 86.8 cm³/mol. The quantitative estimate of drug-likeness (QED) is 0.744. The van der Waals surface area contributed by atoms with Crippen LogP contribution in [0.3, 0.4) is 0 Å². The molecule has 2 rings (SSSR count). The number of ketones is 1. The first-order chi connectivity index (χ1) is 10.0. The van der Waals surface area contributed by atoms with Gasteiger partial charge in [-0.3, -0.25) is 4.79 Å². The fraction of sp³-hybridized carbons (Fsp3) is 0.632. The van der Waals surface area contributed by atoms with Crippen molar-refractivity contribution in [2.45, 2.75) is 64.7 Å². The summed E-state index contributed by atoms with van der Waals surface area (Å²) in [5.41, 5.74) is 1.51. The molecule has 0 N–H and O–H groups in total. The smallest absolute Gasteiger partial charge is 0.173 e. The van der Waals surface area contributed by atoms with Crippen molar-refractivity contribution in [3.8, 4) is 5.75 Å². The molecular weight excluding hydrogens is 260 g/mol. The first-order valence-electron chi connectivity index (χ1n) is 8.29. The molecule has 0 aromatic heterocycles. The van der Waals surface area contributed by atoms with Crippen LogP contribution in [0.2, 0.25) is 0 Å². The van der Waals surface area contributed by atoms with Crippen LogP contribution in [0.5, 0.6) is 5.75 Å². The third-order valence-corrected chi connectivity index (χ3v) is 4.96. The molecule has 0 atom stereocenters. The van der Waals surface area contributed by atoms with Gasteiger partial charge in [-0.2, -0.15) is 0 Å². The zero-order chi connectivity index (χ0) is 15.3. The minimum Gasteiger partial charge on any atom is -0.486 e. The Balaban J connectivity index is 1.87. The Hall–Kier alpha value is -1.31. The van der Waals surface area contributed by atoms with Crippen molar-refractivity contribution in [1.29, 1.82) is 0 Å². The Morgan fingerprint density at radius 3 is 2.33 bits per heavy atom. The van der Waals surface area contributed by atoms with Crippen molar-refractivity contribution in [2.24, 2.45) is 5.92 Å². The van der Waals surface area contributed by atoms with Gasteiger partial charge >= 0.3 is 0 Å². The molecule has 0 unspecified atom stereocenters. The number of carbonyl (C=O) groups is 1. The largest absolute Gasteiger partial charge is 0.486 e. The summed E-state index contributed by atoms with van der Waals surface area (Å²) in [6, 6.07) is 8.20. The van der Waals surface area contributed by atoms with Gasteiger partial charge in [0.05, 0.1) is 0 Å². The average Bonchev–Trinajstić information content (AvgIpc) is 2.54. The monoisotopic (exact) mass is 288 g/mol. The van der Waals surface area contributed by atoms with Crippen LogP contribution in [0.15, 0.2) is 24.3 Å². The van der Waals surface area contributed by atoms with Gasteiger partial charge in [-0.25, -0.2) is 0 Å². The van der Waals surface area contributed by atoms with E-state index in [4.69, 9.17) is 4.74 Å². The van der Waals surface area contributed by atoms with Gasteiger partial charge in [-0.1, -0.05) is 52.2 Å². The van der Waals surface area contributed by atoms with Crippen LogP contribution in [0.25, 0.3) is 0 Å². The highest BCUT2D eigenvalue weighted by molar-refractivity contribution is 5.82. The van der Waals surface area contributed by atoms with Crippen LogP contribution in [0, 0.1) is 5.92 Å². The van der Waals surface area contributed by atoms with Crippen LogP contribution in [-0.2, 0) is 10.2 Å². The van der Waals surface area contributed by atoms with E-state index in [1.807, 2.05) is 12.1 Å². The Labute approximate surface area is 128 Å². The van der Waals surface area contributed by atoms with E-state index in [0.29, 0.717) is 0 Å². The van der Waals surface area contributed by atoms with Crippen molar-refractivity contribution < 1.29 is 9.53 Å². The minimum absolute atomic E-state index is 0.191. The van der Waals surface area contributed by atoms with Gasteiger partial charge in [0.15, 0.2) is 5.78 Å². The molecule has 2 heteroatoms. The molecule has 1 aromatic rings. The standard InChI is InChI=1S/C19H28O2/c1-4-19(2,3)16-10-12-17(13-11-16)21-14-18(20)15-8-6-5-7-9-15/h10-13,15H,4-9,14H2,1-3H3. The number of hydrogen-bond acceptors (Lipinski definition) is 2. The Morgan fingerprint density at radius 2 is 1.76 bits per heavy atom. The van der Waals surface area contributed by atoms with Crippen LogP contribution in [0.1, 0.15) is 64.9 Å². The maximum absolute atomic E-state index is 12.1. The van der Waals surface area contributed by atoms with Gasteiger partial charge < -0.3 is 4.74 Å². The lowest BCUT2D eigenvalue weighted by molar-refractivity contribution is -0.125. The second-order valence-electron chi connectivity index (χ2n) is 6.85. The van der Waals surface area contributed by atoms with E-state index in [1.54, 1.807) is 0 Å². The summed E-state index contributed by atoms with van der Waals surface area (Å²) in [5, 5.41) is 0. The van der Waals surface area contributed by atoms with Gasteiger partial charge in [0.1, 0.15) is 12.4 Å². The number of rotatable bonds is 6. The molecule has 0 bridgehead atoms. The van der Waals surface area contributed by atoms with E-state index in [1.165, 1.54) is 24.8 Å². The molecule has 0 spiro atoms. The van der Waals surface area contributed by atoms with E-state index in [2.05, 4.69) is 32.9 Å². The number of carbonyl (C=O) groups excluding carboxylic acids is 1. The summed E-state index contributed by atoms with van der Waals surface area (Å²) >= 11 is 0. The van der Waals surface area contributed by atoms with Crippen molar-refractivity contribution in [3.05, 3.63) is 29.8 Å². The second kappa shape index (κ2) is 7.11. The van der Waals surface area contributed by atoms with Gasteiger partial charge in [0.25, 0.3) is 0 Å². The summed E-state index contributed by atoms with van der Waals surface area (Å²) < 4.78 is 5.67. The molecule has 0 amide bonds. The average molecular weight is 288 g/mol. The third kappa shape index (κ3) is 4.33. The lowest BCUT2D eigenvalue weighted by atomic mass is 9.82. The molecular formula is C19H28O2. The molecule has 0 radical (unpaired) electrons. The highest BCUT2D eigenvalue weighted by Gasteiger charge is 2.21. The molecule has 21 heavy (non-hydrogen) atoms. The van der Waals surface area contributed by atoms with E-state index < -0.39 is 0 Å². The number of hydrogen-bond donors (Lipinski definition) is 0. The molecule has 0 heterocycles. The molecule has 1 aliphatic rings. The lowest BCUT2D eigenvalue weighted by Gasteiger charge is -2.23. The van der Waals surface area contributed by atoms with Crippen LogP contribution in [-0.4, -0.2) is 12.4 Å². The molecule has 1 aromatic carbocycles. The second-order valence-corrected chi connectivity index (χ2v) is 6.85. The highest BCUT2D eigenvalue weighted by Crippen LogP contribution is 2.28. The summed E-state index contributed by atoms with van der Waals surface area (Å²) in [4.78, 5) is 12.1. The SMILES string of the molecule is CCC(C)(C)c1ccc(OCC(=O)C2CCCCC2)cc1. The molecule has 0 aliphatic heterocycles. The fourth-order valence-corrected chi connectivity index (χ4v) is 2.90. The van der Waals surface area contributed by atoms with Crippen molar-refractivity contribution in [2.75, 3.05) is 6.61 Å². The maximum atomic E-state index is 12.1. The van der Waals surface area contributed by atoms with E-state index >= 15 is 0 Å². The van der Waals surface area contributed by atoms with Crippen molar-refractivity contribution >= 4 is 5.78 Å². The summed E-state index contributed by atoms with van der Waals surface area (Å²) in [5.74, 6) is 1.31. The van der Waals surface area contributed by atoms with Gasteiger partial charge in [0.2, 0.25) is 0 Å². The third-order valence-electron chi connectivity index (χ3n) is 4.96. The zero-order valence-corrected chi connectivity index (χ0v) is 13.7. The van der Waals surface area contributed by atoms with Gasteiger partial charge in [0, 0.05) is 5.92 Å². The topological polar surface area (TPSA) is 26.3 Å². The molecule has 0 saturated heterocycles. The van der Waals surface area contributed by atoms with E-state index in [9.17, 15) is 4.79 Å². The van der Waals surface area contributed by atoms with Crippen LogP contribution in [0.4, 0.5) is 0 Å². The number of benzene rings is 1. The molecule has 1 aliphatic carbocycles. The molecule has 1 fully saturated rings. The summed E-state index contributed by atoms with van der Waals surface area (Å²) in [7, 11) is 0. The minimum atomic E-state index is 0.191. The summed E-state index contributed by atoms with van der Waals surface area (Å²) in [6.07, 6.45) is 6.86. The van der Waals surface area contributed by atoms with Crippen LogP contribution >= 0.6 is 0 Å². The Kier molecular flexibility index (Phi) is 5.44. The van der Waals surface area contributed by atoms with E-state index in [-0.39, 0.29) is 23.7 Å². The van der Waals surface area contributed by atoms with Gasteiger partial charge in [-0.15, -0.1) is 0 Å². The zero-order valence-electron chi connectivity index (χ0n) is 13.7. The van der Waals surface area contributed by atoms with Crippen LogP contribution < -0.4 is 4.74 Å². The molecule has 1 saturated carbocycles. The van der Waals surface area contributed by atoms with Crippen molar-refractivity contribution in [3.63, 3.8) is 0 Å².